The van der Waals surface area contributed by atoms with Gasteiger partial charge in [-0.3, -0.25) is 9.78 Å². The van der Waals surface area contributed by atoms with Crippen LogP contribution in [0.15, 0.2) is 48.8 Å². The van der Waals surface area contributed by atoms with Gasteiger partial charge in [0.1, 0.15) is 5.82 Å². The predicted octanol–water partition coefficient (Wildman–Crippen LogP) is 2.89. The largest absolute Gasteiger partial charge is 0.352 e. The summed E-state index contributed by atoms with van der Waals surface area (Å²) < 4.78 is 12.9. The Hall–Kier alpha value is -2.96. The highest BCUT2D eigenvalue weighted by Gasteiger charge is 2.23. The normalized spacial score (nSPS) is 14.7. The molecule has 0 aliphatic carbocycles. The molecule has 136 valence electrons. The van der Waals surface area contributed by atoms with E-state index in [0.29, 0.717) is 36.8 Å². The minimum Gasteiger partial charge on any atom is -0.352 e. The van der Waals surface area contributed by atoms with Crippen LogP contribution in [0.4, 0.5) is 14.9 Å². The zero-order valence-electron chi connectivity index (χ0n) is 14.3. The van der Waals surface area contributed by atoms with Crippen molar-refractivity contribution in [3.05, 3.63) is 60.2 Å². The number of anilines is 1. The molecule has 0 radical (unpaired) electrons. The minimum absolute atomic E-state index is 0.108. The molecule has 2 heterocycles. The first-order valence-corrected chi connectivity index (χ1v) is 8.61. The molecule has 1 saturated heterocycles. The van der Waals surface area contributed by atoms with E-state index in [1.807, 2.05) is 0 Å². The van der Waals surface area contributed by atoms with Crippen molar-refractivity contribution in [2.45, 2.75) is 12.8 Å². The number of aromatic nitrogens is 1. The number of nitrogens with zero attached hydrogens (tertiary/aromatic N) is 2. The number of pyridine rings is 1. The molecule has 0 spiro atoms. The number of nitrogens with one attached hydrogen (secondary N) is 2. The molecule has 2 N–H and O–H groups in total. The third-order valence-corrected chi connectivity index (χ3v) is 4.49. The van der Waals surface area contributed by atoms with Crippen LogP contribution >= 0.6 is 0 Å². The van der Waals surface area contributed by atoms with Crippen LogP contribution in [-0.4, -0.2) is 41.5 Å². The smallest absolute Gasteiger partial charge is 0.321 e. The monoisotopic (exact) mass is 356 g/mol. The third kappa shape index (κ3) is 4.78. The van der Waals surface area contributed by atoms with Gasteiger partial charge in [-0.1, -0.05) is 0 Å². The number of amides is 3. The van der Waals surface area contributed by atoms with E-state index >= 15 is 0 Å². The van der Waals surface area contributed by atoms with Crippen molar-refractivity contribution in [3.63, 3.8) is 0 Å². The quantitative estimate of drug-likeness (QED) is 0.885. The van der Waals surface area contributed by atoms with Gasteiger partial charge in [-0.2, -0.15) is 0 Å². The molecule has 2 aromatic rings. The van der Waals surface area contributed by atoms with Gasteiger partial charge in [-0.05, 0) is 55.2 Å². The topological polar surface area (TPSA) is 74.3 Å². The number of benzene rings is 1. The van der Waals surface area contributed by atoms with E-state index < -0.39 is 0 Å². The zero-order chi connectivity index (χ0) is 18.4. The van der Waals surface area contributed by atoms with Gasteiger partial charge in [0.05, 0.1) is 0 Å². The molecular weight excluding hydrogens is 335 g/mol. The Morgan fingerprint density at radius 1 is 1.08 bits per heavy atom. The second-order valence-corrected chi connectivity index (χ2v) is 6.31. The number of urea groups is 1. The molecule has 0 unspecified atom stereocenters. The summed E-state index contributed by atoms with van der Waals surface area (Å²) in [5.41, 5.74) is 1.17. The average Bonchev–Trinajstić information content (AvgIpc) is 2.69. The Bertz CT molecular complexity index is 744. The number of hydrogen-bond acceptors (Lipinski definition) is 3. The van der Waals surface area contributed by atoms with E-state index in [9.17, 15) is 14.0 Å². The zero-order valence-corrected chi connectivity index (χ0v) is 14.3. The van der Waals surface area contributed by atoms with E-state index in [4.69, 9.17) is 0 Å². The summed E-state index contributed by atoms with van der Waals surface area (Å²) in [4.78, 5) is 29.9. The summed E-state index contributed by atoms with van der Waals surface area (Å²) in [6.07, 6.45) is 4.83. The molecule has 3 amide bonds. The summed E-state index contributed by atoms with van der Waals surface area (Å²) in [6, 6.07) is 8.87. The number of hydrogen-bond donors (Lipinski definition) is 2. The van der Waals surface area contributed by atoms with E-state index in [2.05, 4.69) is 15.6 Å². The lowest BCUT2D eigenvalue weighted by Crippen LogP contribution is -2.43. The van der Waals surface area contributed by atoms with Gasteiger partial charge < -0.3 is 15.5 Å². The number of rotatable bonds is 4. The summed E-state index contributed by atoms with van der Waals surface area (Å²) in [5, 5.41) is 5.71. The Morgan fingerprint density at radius 2 is 1.73 bits per heavy atom. The molecule has 1 aromatic carbocycles. The van der Waals surface area contributed by atoms with Crippen molar-refractivity contribution >= 4 is 17.6 Å². The molecule has 3 rings (SSSR count). The highest BCUT2D eigenvalue weighted by atomic mass is 19.1. The van der Waals surface area contributed by atoms with Crippen molar-refractivity contribution in [2.24, 2.45) is 5.92 Å². The van der Waals surface area contributed by atoms with Crippen LogP contribution in [0.25, 0.3) is 0 Å². The fourth-order valence-corrected chi connectivity index (χ4v) is 2.92. The second-order valence-electron chi connectivity index (χ2n) is 6.31. The minimum atomic E-state index is -0.336. The second kappa shape index (κ2) is 8.42. The number of carbonyl (C=O) groups is 2. The molecule has 1 aromatic heterocycles. The van der Waals surface area contributed by atoms with Crippen LogP contribution in [0.1, 0.15) is 23.2 Å². The highest BCUT2D eigenvalue weighted by Crippen LogP contribution is 2.18. The molecule has 6 nitrogen and oxygen atoms in total. The lowest BCUT2D eigenvalue weighted by atomic mass is 9.97. The van der Waals surface area contributed by atoms with Crippen molar-refractivity contribution in [1.29, 1.82) is 0 Å². The molecule has 7 heteroatoms. The van der Waals surface area contributed by atoms with Gasteiger partial charge >= 0.3 is 6.03 Å². The SMILES string of the molecule is O=C(NCC1CCN(C(=O)Nc2ccc(F)cc2)CC1)c1ccncc1. The van der Waals surface area contributed by atoms with Crippen molar-refractivity contribution in [3.8, 4) is 0 Å². The van der Waals surface area contributed by atoms with Gasteiger partial charge in [-0.15, -0.1) is 0 Å². The van der Waals surface area contributed by atoms with Crippen LogP contribution in [0, 0.1) is 11.7 Å². The Kier molecular flexibility index (Phi) is 5.78. The average molecular weight is 356 g/mol. The van der Waals surface area contributed by atoms with Gasteiger partial charge in [0.15, 0.2) is 0 Å². The lowest BCUT2D eigenvalue weighted by molar-refractivity contribution is 0.0938. The van der Waals surface area contributed by atoms with Crippen LogP contribution in [0.3, 0.4) is 0 Å². The molecule has 0 saturated carbocycles. The Morgan fingerprint density at radius 3 is 2.38 bits per heavy atom. The van der Waals surface area contributed by atoms with Crippen LogP contribution in [-0.2, 0) is 0 Å². The lowest BCUT2D eigenvalue weighted by Gasteiger charge is -2.32. The van der Waals surface area contributed by atoms with E-state index in [-0.39, 0.29) is 17.8 Å². The number of likely N-dealkylation sites (tertiary alicyclic amines) is 1. The van der Waals surface area contributed by atoms with Crippen LogP contribution in [0.2, 0.25) is 0 Å². The number of carbonyl (C=O) groups excluding carboxylic acids is 2. The van der Waals surface area contributed by atoms with Crippen molar-refractivity contribution in [2.75, 3.05) is 25.0 Å². The van der Waals surface area contributed by atoms with E-state index in [1.165, 1.54) is 24.3 Å². The van der Waals surface area contributed by atoms with Crippen LogP contribution in [0.5, 0.6) is 0 Å². The molecule has 26 heavy (non-hydrogen) atoms. The summed E-state index contributed by atoms with van der Waals surface area (Å²) in [7, 11) is 0. The first kappa shape index (κ1) is 17.8. The predicted molar refractivity (Wildman–Crippen MR) is 96.3 cm³/mol. The summed E-state index contributed by atoms with van der Waals surface area (Å²) in [5.74, 6) is -0.0998. The Balaban J connectivity index is 1.41. The first-order chi connectivity index (χ1) is 12.6. The maximum atomic E-state index is 12.9. The van der Waals surface area contributed by atoms with E-state index in [0.717, 1.165) is 12.8 Å². The fraction of sp³-hybridized carbons (Fsp3) is 0.316. The van der Waals surface area contributed by atoms with Gasteiger partial charge in [-0.25, -0.2) is 9.18 Å². The molecular formula is C19H21FN4O2. The molecule has 1 aliphatic heterocycles. The molecule has 1 aliphatic rings. The molecule has 0 atom stereocenters. The third-order valence-electron chi connectivity index (χ3n) is 4.49. The van der Waals surface area contributed by atoms with Gasteiger partial charge in [0.2, 0.25) is 0 Å². The molecule has 1 fully saturated rings. The van der Waals surface area contributed by atoms with Crippen molar-refractivity contribution in [1.82, 2.24) is 15.2 Å². The Labute approximate surface area is 151 Å². The maximum Gasteiger partial charge on any atom is 0.321 e. The first-order valence-electron chi connectivity index (χ1n) is 8.61. The summed E-state index contributed by atoms with van der Waals surface area (Å²) >= 11 is 0. The van der Waals surface area contributed by atoms with Crippen LogP contribution < -0.4 is 10.6 Å². The van der Waals surface area contributed by atoms with Gasteiger partial charge in [0.25, 0.3) is 5.91 Å². The number of piperidine rings is 1. The highest BCUT2D eigenvalue weighted by molar-refractivity contribution is 5.94. The fourth-order valence-electron chi connectivity index (χ4n) is 2.92. The molecule has 0 bridgehead atoms. The van der Waals surface area contributed by atoms with Crippen molar-refractivity contribution < 1.29 is 14.0 Å². The number of halogens is 1. The maximum absolute atomic E-state index is 12.9. The van der Waals surface area contributed by atoms with E-state index in [1.54, 1.807) is 29.4 Å². The van der Waals surface area contributed by atoms with Gasteiger partial charge in [0, 0.05) is 43.3 Å². The summed E-state index contributed by atoms with van der Waals surface area (Å²) in [6.45, 7) is 1.85. The standard InChI is InChI=1S/C19H21FN4O2/c20-16-1-3-17(4-2-16)23-19(26)24-11-7-14(8-12-24)13-22-18(25)15-5-9-21-10-6-15/h1-6,9-10,14H,7-8,11-13H2,(H,22,25)(H,23,26).